The highest BCUT2D eigenvalue weighted by molar-refractivity contribution is 5.93. The monoisotopic (exact) mass is 515 g/mol. The molecule has 0 atom stereocenters. The van der Waals surface area contributed by atoms with Crippen LogP contribution in [0.1, 0.15) is 5.69 Å². The molecule has 0 unspecified atom stereocenters. The zero-order chi connectivity index (χ0) is 26.8. The number of nitrogens with one attached hydrogen (secondary N) is 1. The van der Waals surface area contributed by atoms with Crippen LogP contribution in [0.4, 0.5) is 10.1 Å². The van der Waals surface area contributed by atoms with Gasteiger partial charge in [0.1, 0.15) is 35.1 Å². The second-order valence-electron chi connectivity index (χ2n) is 8.37. The van der Waals surface area contributed by atoms with Crippen molar-refractivity contribution >= 4 is 22.6 Å². The second-order valence-corrected chi connectivity index (χ2v) is 8.37. The van der Waals surface area contributed by atoms with Crippen molar-refractivity contribution in [1.82, 2.24) is 19.7 Å². The van der Waals surface area contributed by atoms with Gasteiger partial charge in [-0.1, -0.05) is 17.3 Å². The highest BCUT2D eigenvalue weighted by atomic mass is 19.1. The standard InChI is InChI=1S/C27H22FN5O5/c1-15-7-9-19-24(35)20(27-31-25(32-38-27)16-5-4-6-17(28)11-16)13-33(26(19)29-15)14-23(34)30-21-12-18(36-2)8-10-22(21)37-3/h4-13H,14H2,1-3H3,(H,30,34). The smallest absolute Gasteiger partial charge is 0.263 e. The average molecular weight is 516 g/mol. The Labute approximate surface area is 215 Å². The molecule has 192 valence electrons. The summed E-state index contributed by atoms with van der Waals surface area (Å²) in [6.45, 7) is 1.60. The molecule has 0 saturated carbocycles. The number of aromatic nitrogens is 4. The molecule has 0 fully saturated rings. The van der Waals surface area contributed by atoms with Gasteiger partial charge in [-0.3, -0.25) is 9.59 Å². The summed E-state index contributed by atoms with van der Waals surface area (Å²) in [7, 11) is 3.01. The van der Waals surface area contributed by atoms with Crippen molar-refractivity contribution in [1.29, 1.82) is 0 Å². The third-order valence-corrected chi connectivity index (χ3v) is 5.79. The van der Waals surface area contributed by atoms with Gasteiger partial charge in [0.2, 0.25) is 17.2 Å². The summed E-state index contributed by atoms with van der Waals surface area (Å²) in [4.78, 5) is 35.2. The molecule has 0 spiro atoms. The number of rotatable bonds is 7. The fourth-order valence-electron chi connectivity index (χ4n) is 3.97. The minimum Gasteiger partial charge on any atom is -0.497 e. The zero-order valence-corrected chi connectivity index (χ0v) is 20.7. The first-order chi connectivity index (χ1) is 18.4. The van der Waals surface area contributed by atoms with Crippen LogP contribution in [0, 0.1) is 12.7 Å². The van der Waals surface area contributed by atoms with Crippen LogP contribution in [-0.4, -0.2) is 39.8 Å². The number of fused-ring (bicyclic) bond motifs is 1. The molecule has 0 aliphatic carbocycles. The van der Waals surface area contributed by atoms with Gasteiger partial charge in [0, 0.05) is 23.5 Å². The average Bonchev–Trinajstić information content (AvgIpc) is 3.40. The van der Waals surface area contributed by atoms with Gasteiger partial charge in [0.05, 0.1) is 25.3 Å². The van der Waals surface area contributed by atoms with E-state index in [1.54, 1.807) is 43.3 Å². The highest BCUT2D eigenvalue weighted by Gasteiger charge is 2.20. The van der Waals surface area contributed by atoms with E-state index in [9.17, 15) is 14.0 Å². The molecule has 0 radical (unpaired) electrons. The van der Waals surface area contributed by atoms with Gasteiger partial charge in [-0.25, -0.2) is 9.37 Å². The van der Waals surface area contributed by atoms with E-state index in [2.05, 4.69) is 20.4 Å². The van der Waals surface area contributed by atoms with Crippen LogP contribution in [0.25, 0.3) is 33.9 Å². The molecular weight excluding hydrogens is 493 g/mol. The van der Waals surface area contributed by atoms with Gasteiger partial charge >= 0.3 is 0 Å². The topological polar surface area (TPSA) is 121 Å². The van der Waals surface area contributed by atoms with Crippen molar-refractivity contribution in [3.05, 3.63) is 82.5 Å². The predicted molar refractivity (Wildman–Crippen MR) is 138 cm³/mol. The molecule has 0 aliphatic rings. The molecule has 10 nitrogen and oxygen atoms in total. The number of aryl methyl sites for hydroxylation is 1. The predicted octanol–water partition coefficient (Wildman–Crippen LogP) is 4.22. The number of hydrogen-bond acceptors (Lipinski definition) is 8. The highest BCUT2D eigenvalue weighted by Crippen LogP contribution is 2.29. The molecule has 1 N–H and O–H groups in total. The lowest BCUT2D eigenvalue weighted by molar-refractivity contribution is -0.116. The van der Waals surface area contributed by atoms with Gasteiger partial charge in [-0.15, -0.1) is 0 Å². The molecular formula is C27H22FN5O5. The van der Waals surface area contributed by atoms with Crippen LogP contribution >= 0.6 is 0 Å². The van der Waals surface area contributed by atoms with E-state index in [4.69, 9.17) is 14.0 Å². The van der Waals surface area contributed by atoms with E-state index in [1.165, 1.54) is 43.2 Å². The Morgan fingerprint density at radius 2 is 1.92 bits per heavy atom. The number of carbonyl (C=O) groups excluding carboxylic acids is 1. The van der Waals surface area contributed by atoms with Crippen LogP contribution < -0.4 is 20.2 Å². The lowest BCUT2D eigenvalue weighted by Crippen LogP contribution is -2.22. The minimum absolute atomic E-state index is 0.0691. The summed E-state index contributed by atoms with van der Waals surface area (Å²) in [5, 5.41) is 6.98. The van der Waals surface area contributed by atoms with Gasteiger partial charge < -0.3 is 23.9 Å². The van der Waals surface area contributed by atoms with Gasteiger partial charge in [0.15, 0.2) is 0 Å². The summed E-state index contributed by atoms with van der Waals surface area (Å²) in [5.74, 6) is 0.189. The molecule has 11 heteroatoms. The van der Waals surface area contributed by atoms with Crippen molar-refractivity contribution < 1.29 is 23.2 Å². The lowest BCUT2D eigenvalue weighted by Gasteiger charge is -2.14. The van der Waals surface area contributed by atoms with Crippen molar-refractivity contribution in [2.24, 2.45) is 0 Å². The molecule has 5 aromatic rings. The number of anilines is 1. The third kappa shape index (κ3) is 4.81. The maximum Gasteiger partial charge on any atom is 0.263 e. The first kappa shape index (κ1) is 24.6. The number of ether oxygens (including phenoxy) is 2. The Kier molecular flexibility index (Phi) is 6.56. The van der Waals surface area contributed by atoms with Crippen LogP contribution in [0.2, 0.25) is 0 Å². The number of amides is 1. The SMILES string of the molecule is COc1ccc(OC)c(NC(=O)Cn2cc(-c3nc(-c4cccc(F)c4)no3)c(=O)c3ccc(C)nc32)c1. The number of nitrogens with zero attached hydrogens (tertiary/aromatic N) is 4. The number of carbonyl (C=O) groups is 1. The second kappa shape index (κ2) is 10.1. The number of halogens is 1. The molecule has 0 saturated heterocycles. The number of pyridine rings is 2. The summed E-state index contributed by atoms with van der Waals surface area (Å²) in [5.41, 5.74) is 1.47. The first-order valence-electron chi connectivity index (χ1n) is 11.5. The van der Waals surface area contributed by atoms with E-state index in [1.807, 2.05) is 0 Å². The van der Waals surface area contributed by atoms with E-state index in [0.717, 1.165) is 0 Å². The quantitative estimate of drug-likeness (QED) is 0.342. The molecule has 0 bridgehead atoms. The molecule has 2 aromatic carbocycles. The maximum absolute atomic E-state index is 13.7. The Balaban J connectivity index is 1.54. The zero-order valence-electron chi connectivity index (χ0n) is 20.7. The maximum atomic E-state index is 13.7. The number of benzene rings is 2. The third-order valence-electron chi connectivity index (χ3n) is 5.79. The summed E-state index contributed by atoms with van der Waals surface area (Å²) in [6.07, 6.45) is 1.45. The van der Waals surface area contributed by atoms with Crippen molar-refractivity contribution in [2.45, 2.75) is 13.5 Å². The summed E-state index contributed by atoms with van der Waals surface area (Å²) >= 11 is 0. The van der Waals surface area contributed by atoms with Crippen molar-refractivity contribution in [2.75, 3.05) is 19.5 Å². The van der Waals surface area contributed by atoms with Crippen LogP contribution in [-0.2, 0) is 11.3 Å². The molecule has 38 heavy (non-hydrogen) atoms. The van der Waals surface area contributed by atoms with Crippen LogP contribution in [0.5, 0.6) is 11.5 Å². The van der Waals surface area contributed by atoms with Gasteiger partial charge in [0.25, 0.3) is 5.89 Å². The summed E-state index contributed by atoms with van der Waals surface area (Å²) in [6, 6.07) is 14.1. The lowest BCUT2D eigenvalue weighted by atomic mass is 10.1. The Hall–Kier alpha value is -5.06. The van der Waals surface area contributed by atoms with Gasteiger partial charge in [-0.05, 0) is 43.3 Å². The Morgan fingerprint density at radius 1 is 1.08 bits per heavy atom. The Morgan fingerprint density at radius 3 is 2.68 bits per heavy atom. The number of methoxy groups -OCH3 is 2. The van der Waals surface area contributed by atoms with Crippen molar-refractivity contribution in [3.8, 4) is 34.3 Å². The molecule has 3 heterocycles. The van der Waals surface area contributed by atoms with E-state index < -0.39 is 17.2 Å². The normalized spacial score (nSPS) is 10.9. The van der Waals surface area contributed by atoms with Crippen molar-refractivity contribution in [3.63, 3.8) is 0 Å². The van der Waals surface area contributed by atoms with Crippen LogP contribution in [0.15, 0.2) is 70.1 Å². The molecule has 3 aromatic heterocycles. The molecule has 1 amide bonds. The van der Waals surface area contributed by atoms with E-state index in [-0.39, 0.29) is 29.2 Å². The minimum atomic E-state index is -0.456. The largest absolute Gasteiger partial charge is 0.497 e. The Bertz CT molecular complexity index is 1730. The number of hydrogen-bond donors (Lipinski definition) is 1. The van der Waals surface area contributed by atoms with E-state index in [0.29, 0.717) is 34.1 Å². The van der Waals surface area contributed by atoms with Gasteiger partial charge in [-0.2, -0.15) is 4.98 Å². The summed E-state index contributed by atoms with van der Waals surface area (Å²) < 4.78 is 31.2. The first-order valence-corrected chi connectivity index (χ1v) is 11.5. The van der Waals surface area contributed by atoms with E-state index >= 15 is 0 Å². The fourth-order valence-corrected chi connectivity index (χ4v) is 3.97. The van der Waals surface area contributed by atoms with Crippen LogP contribution in [0.3, 0.4) is 0 Å². The molecule has 5 rings (SSSR count). The molecule has 0 aliphatic heterocycles. The fraction of sp³-hybridized carbons (Fsp3) is 0.148.